The third-order valence-electron chi connectivity index (χ3n) is 0. The van der Waals surface area contributed by atoms with Crippen molar-refractivity contribution in [3.8, 4) is 0 Å². The third-order valence-corrected chi connectivity index (χ3v) is 0. The minimum Gasteiger partial charge on any atom is -0.560 e. The van der Waals surface area contributed by atoms with Crippen LogP contribution in [0.1, 0.15) is 0 Å². The fourth-order valence-corrected chi connectivity index (χ4v) is 0. The van der Waals surface area contributed by atoms with Gasteiger partial charge in [0.05, 0.1) is 0 Å². The van der Waals surface area contributed by atoms with Crippen LogP contribution in [0, 0.1) is 0 Å². The molecule has 0 bridgehead atoms. The first-order valence-corrected chi connectivity index (χ1v) is 5.38. The van der Waals surface area contributed by atoms with Crippen LogP contribution < -0.4 is 65.8 Å². The van der Waals surface area contributed by atoms with Gasteiger partial charge in [0.25, 0.3) is 0 Å². The maximum Gasteiger partial charge on any atom is 2.00 e. The minimum atomic E-state index is -3.88. The maximum atomic E-state index is 9.99. The van der Waals surface area contributed by atoms with E-state index in [1.165, 1.54) is 0 Å². The molecule has 0 radical (unpaired) electrons. The largest absolute Gasteiger partial charge is 2.00 e. The Hall–Kier alpha value is 1.64. The summed E-state index contributed by atoms with van der Waals surface area (Å²) in [4.78, 5) is 25.2. The van der Waals surface area contributed by atoms with Crippen molar-refractivity contribution in [3.05, 3.63) is 0 Å². The SMILES string of the molecule is O=[Si]([O-])F.O=[Si]([O-])F.O=[Si]([O-])F.[K+].[Mg+2]. The topological polar surface area (TPSA) is 120 Å². The van der Waals surface area contributed by atoms with Gasteiger partial charge in [-0.1, -0.05) is 0 Å². The Labute approximate surface area is 140 Å². The molecule has 0 amide bonds. The summed E-state index contributed by atoms with van der Waals surface area (Å²) in [6.07, 6.45) is 0. The van der Waals surface area contributed by atoms with E-state index < -0.39 is 27.8 Å². The Morgan fingerprint density at radius 1 is 0.714 bits per heavy atom. The molecule has 0 atom stereocenters. The second kappa shape index (κ2) is 24.1. The first kappa shape index (κ1) is 29.6. The zero-order valence-corrected chi connectivity index (χ0v) is 14.3. The van der Waals surface area contributed by atoms with E-state index in [4.69, 9.17) is 27.8 Å². The van der Waals surface area contributed by atoms with Crippen molar-refractivity contribution in [1.29, 1.82) is 0 Å². The first-order valence-electron chi connectivity index (χ1n) is 1.79. The first-order chi connectivity index (χ1) is 5.20. The summed E-state index contributed by atoms with van der Waals surface area (Å²) in [6, 6.07) is 0. The van der Waals surface area contributed by atoms with Crippen molar-refractivity contribution in [1.82, 2.24) is 0 Å². The van der Waals surface area contributed by atoms with Crippen LogP contribution in [0.2, 0.25) is 0 Å². The Morgan fingerprint density at radius 2 is 0.714 bits per heavy atom. The van der Waals surface area contributed by atoms with Gasteiger partial charge in [-0.25, -0.2) is 0 Å². The molecule has 0 N–H and O–H groups in total. The summed E-state index contributed by atoms with van der Waals surface area (Å²) in [7, 11) is -11.6. The predicted molar refractivity (Wildman–Crippen MR) is 28.4 cm³/mol. The molecular formula is F3KMgO6Si3. The van der Waals surface area contributed by atoms with Gasteiger partial charge in [0.1, 0.15) is 0 Å². The fourth-order valence-electron chi connectivity index (χ4n) is 0. The van der Waals surface area contributed by atoms with E-state index in [-0.39, 0.29) is 74.4 Å². The third kappa shape index (κ3) is 808. The average molecular weight is 301 g/mol. The second-order valence-electron chi connectivity index (χ2n) is 0.713. The molecule has 0 aromatic carbocycles. The normalized spacial score (nSPS) is 5.36. The molecule has 0 aromatic heterocycles. The molecule has 0 fully saturated rings. The predicted octanol–water partition coefficient (Wildman–Crippen LogP) is -7.18. The molecule has 0 saturated heterocycles. The molecule has 0 aliphatic rings. The van der Waals surface area contributed by atoms with E-state index in [2.05, 4.69) is 0 Å². The molecule has 0 heterocycles. The molecule has 6 nitrogen and oxygen atoms in total. The van der Waals surface area contributed by atoms with E-state index in [1.807, 2.05) is 0 Å². The Bertz CT molecular complexity index is 126. The van der Waals surface area contributed by atoms with Crippen LogP contribution in [-0.4, -0.2) is 50.8 Å². The van der Waals surface area contributed by atoms with Gasteiger partial charge in [-0.2, -0.15) is 0 Å². The van der Waals surface area contributed by atoms with Gasteiger partial charge in [0.15, 0.2) is 0 Å². The van der Waals surface area contributed by atoms with E-state index in [0.717, 1.165) is 0 Å². The molecule has 14 heavy (non-hydrogen) atoms. The van der Waals surface area contributed by atoms with E-state index >= 15 is 0 Å². The standard InChI is InChI=1S/3FO2Si.K.Mg/c3*1-4(2)3;;/q3*-1;+1;+2. The smallest absolute Gasteiger partial charge is 0.560 e. The van der Waals surface area contributed by atoms with Crippen LogP contribution in [0.15, 0.2) is 0 Å². The van der Waals surface area contributed by atoms with Crippen LogP contribution in [0.25, 0.3) is 0 Å². The van der Waals surface area contributed by atoms with Crippen LogP contribution in [-0.2, 0) is 13.4 Å². The summed E-state index contributed by atoms with van der Waals surface area (Å²) in [5, 5.41) is 0. The van der Waals surface area contributed by atoms with Crippen molar-refractivity contribution in [2.75, 3.05) is 0 Å². The Kier molecular flexibility index (Phi) is 50.9. The van der Waals surface area contributed by atoms with Gasteiger partial charge in [-0.15, -0.1) is 0 Å². The fraction of sp³-hybridized carbons (Fsp3) is 0. The van der Waals surface area contributed by atoms with Gasteiger partial charge < -0.3 is 27.8 Å². The van der Waals surface area contributed by atoms with Crippen LogP contribution in [0.3, 0.4) is 0 Å². The van der Waals surface area contributed by atoms with E-state index in [9.17, 15) is 12.3 Å². The number of halogens is 3. The molecule has 0 spiro atoms. The zero-order valence-electron chi connectivity index (χ0n) is 6.79. The summed E-state index contributed by atoms with van der Waals surface area (Å²) in [6.45, 7) is 0. The second-order valence-corrected chi connectivity index (χ2v) is 2.14. The summed E-state index contributed by atoms with van der Waals surface area (Å²) in [5.41, 5.74) is 0. The molecule has 0 unspecified atom stereocenters. The van der Waals surface area contributed by atoms with Gasteiger partial charge in [-0.05, 0) is 0 Å². The summed E-state index contributed by atoms with van der Waals surface area (Å²) >= 11 is 0. The molecule has 0 aliphatic heterocycles. The number of hydrogen-bond acceptors (Lipinski definition) is 6. The summed E-state index contributed by atoms with van der Waals surface area (Å²) < 4.78 is 55.2. The van der Waals surface area contributed by atoms with Crippen LogP contribution >= 0.6 is 0 Å². The van der Waals surface area contributed by atoms with Gasteiger partial charge in [0, 0.05) is 0 Å². The molecule has 0 saturated carbocycles. The zero-order chi connectivity index (χ0) is 10.7. The summed E-state index contributed by atoms with van der Waals surface area (Å²) in [5.74, 6) is 0. The van der Waals surface area contributed by atoms with E-state index in [0.29, 0.717) is 0 Å². The van der Waals surface area contributed by atoms with Gasteiger partial charge >= 0.3 is 102 Å². The van der Waals surface area contributed by atoms with Gasteiger partial charge in [0.2, 0.25) is 0 Å². The molecule has 14 heteroatoms. The average Bonchev–Trinajstić information content (AvgIpc) is 1.54. The monoisotopic (exact) mass is 300 g/mol. The van der Waals surface area contributed by atoms with Crippen LogP contribution in [0.5, 0.6) is 0 Å². The number of hydrogen-bond donors (Lipinski definition) is 0. The number of rotatable bonds is 0. The Balaban J connectivity index is -0.0000000270. The molecule has 72 valence electrons. The van der Waals surface area contributed by atoms with Crippen molar-refractivity contribution in [2.24, 2.45) is 0 Å². The molecular weight excluding hydrogens is 301 g/mol. The van der Waals surface area contributed by atoms with Crippen molar-refractivity contribution in [2.45, 2.75) is 0 Å². The maximum absolute atomic E-state index is 9.99. The minimum absolute atomic E-state index is 0. The molecule has 0 aromatic rings. The van der Waals surface area contributed by atoms with Crippen molar-refractivity contribution in [3.63, 3.8) is 0 Å². The molecule has 0 aliphatic carbocycles. The molecule has 0 rings (SSSR count). The van der Waals surface area contributed by atoms with E-state index in [1.54, 1.807) is 0 Å². The quantitative estimate of drug-likeness (QED) is 0.324. The van der Waals surface area contributed by atoms with Crippen LogP contribution in [0.4, 0.5) is 12.3 Å². The van der Waals surface area contributed by atoms with Crippen molar-refractivity contribution >= 4 is 50.8 Å². The van der Waals surface area contributed by atoms with Gasteiger partial charge in [-0.3, -0.25) is 12.3 Å². The Morgan fingerprint density at radius 3 is 0.714 bits per heavy atom. The van der Waals surface area contributed by atoms with Crippen molar-refractivity contribution < 1.29 is 91.5 Å².